The number of hydrogen-bond acceptors (Lipinski definition) is 6. The molecule has 0 saturated heterocycles. The molecule has 108 valence electrons. The fourth-order valence-corrected chi connectivity index (χ4v) is 2.62. The maximum absolute atomic E-state index is 12.4. The molecule has 0 aliphatic carbocycles. The molecular weight excluding hydrogens is 317 g/mol. The lowest BCUT2D eigenvalue weighted by Crippen LogP contribution is -2.34. The summed E-state index contributed by atoms with van der Waals surface area (Å²) in [7, 11) is 1.26. The van der Waals surface area contributed by atoms with Gasteiger partial charge in [-0.25, -0.2) is 14.2 Å². The number of hydrogen-bond donors (Lipinski definition) is 1. The third kappa shape index (κ3) is 3.28. The smallest absolute Gasteiger partial charge is 0.286 e. The number of nitrogens with zero attached hydrogens (tertiary/aromatic N) is 3. The number of thioether (sulfide) groups is 1. The van der Waals surface area contributed by atoms with E-state index in [2.05, 4.69) is 14.3 Å². The van der Waals surface area contributed by atoms with Gasteiger partial charge in [0.15, 0.2) is 5.16 Å². The van der Waals surface area contributed by atoms with Crippen molar-refractivity contribution in [2.45, 2.75) is 17.1 Å². The van der Waals surface area contributed by atoms with Crippen LogP contribution >= 0.6 is 23.3 Å². The number of halogens is 3. The minimum absolute atomic E-state index is 0.0414. The topological polar surface area (TPSA) is 80.6 Å². The second kappa shape index (κ2) is 5.40. The van der Waals surface area contributed by atoms with Gasteiger partial charge in [-0.1, -0.05) is 11.8 Å². The van der Waals surface area contributed by atoms with Gasteiger partial charge in [0.25, 0.3) is 0 Å². The van der Waals surface area contributed by atoms with Gasteiger partial charge in [0.1, 0.15) is 4.88 Å². The van der Waals surface area contributed by atoms with Crippen LogP contribution in [0.5, 0.6) is 0 Å². The second-order valence-electron chi connectivity index (χ2n) is 3.66. The predicted molar refractivity (Wildman–Crippen MR) is 66.8 cm³/mol. The molecule has 0 aliphatic rings. The van der Waals surface area contributed by atoms with E-state index in [0.29, 0.717) is 11.5 Å². The molecule has 0 bridgehead atoms. The fraction of sp³-hybridized carbons (Fsp3) is 0.333. The van der Waals surface area contributed by atoms with Gasteiger partial charge in [-0.2, -0.15) is 22.5 Å². The van der Waals surface area contributed by atoms with E-state index in [4.69, 9.17) is 0 Å². The van der Waals surface area contributed by atoms with E-state index in [-0.39, 0.29) is 16.6 Å². The van der Waals surface area contributed by atoms with Crippen LogP contribution < -0.4 is 11.4 Å². The van der Waals surface area contributed by atoms with E-state index < -0.39 is 22.4 Å². The Morgan fingerprint density at radius 2 is 2.15 bits per heavy atom. The van der Waals surface area contributed by atoms with Gasteiger partial charge in [0.2, 0.25) is 0 Å². The Hall–Kier alpha value is -1.62. The molecule has 0 atom stereocenters. The molecule has 2 rings (SSSR count). The molecule has 2 aromatic rings. The zero-order valence-corrected chi connectivity index (χ0v) is 11.5. The zero-order valence-electron chi connectivity index (χ0n) is 9.89. The summed E-state index contributed by atoms with van der Waals surface area (Å²) in [6, 6.07) is 0.927. The van der Waals surface area contributed by atoms with Crippen LogP contribution in [0.3, 0.4) is 0 Å². The Labute approximate surface area is 117 Å². The Bertz CT molecular complexity index is 703. The van der Waals surface area contributed by atoms with E-state index in [9.17, 15) is 22.8 Å². The van der Waals surface area contributed by atoms with Gasteiger partial charge in [0, 0.05) is 12.8 Å². The van der Waals surface area contributed by atoms with Crippen LogP contribution in [0.2, 0.25) is 0 Å². The number of alkyl halides is 3. The summed E-state index contributed by atoms with van der Waals surface area (Å²) in [6.07, 6.45) is -4.42. The molecule has 11 heteroatoms. The number of aromatic nitrogens is 4. The van der Waals surface area contributed by atoms with Crippen molar-refractivity contribution in [3.05, 3.63) is 37.6 Å². The second-order valence-corrected chi connectivity index (χ2v) is 5.43. The first kappa shape index (κ1) is 14.8. The molecular formula is C9H7F3N4O2S2. The van der Waals surface area contributed by atoms with Crippen molar-refractivity contribution in [3.63, 3.8) is 0 Å². The average Bonchev–Trinajstić information content (AvgIpc) is 2.82. The third-order valence-electron chi connectivity index (χ3n) is 2.20. The number of H-pyrrole nitrogens is 1. The quantitative estimate of drug-likeness (QED) is 0.859. The highest BCUT2D eigenvalue weighted by atomic mass is 32.2. The van der Waals surface area contributed by atoms with Gasteiger partial charge in [-0.05, 0) is 17.6 Å². The van der Waals surface area contributed by atoms with Crippen molar-refractivity contribution in [2.24, 2.45) is 7.05 Å². The van der Waals surface area contributed by atoms with Crippen molar-refractivity contribution in [1.29, 1.82) is 0 Å². The first-order valence-electron chi connectivity index (χ1n) is 5.10. The van der Waals surface area contributed by atoms with E-state index in [0.717, 1.165) is 22.4 Å². The standard InChI is InChI=1S/C9H7F3N4O2S2/c1-16-7(17)13-6(14-8(16)18)19-3-4-2-5(20-15-4)9(10,11)12/h2H,3H2,1H3,(H,13,14,17,18). The number of aromatic amines is 1. The van der Waals surface area contributed by atoms with Crippen molar-refractivity contribution in [2.75, 3.05) is 0 Å². The van der Waals surface area contributed by atoms with Crippen molar-refractivity contribution in [3.8, 4) is 0 Å². The molecule has 6 nitrogen and oxygen atoms in total. The highest BCUT2D eigenvalue weighted by Gasteiger charge is 2.33. The first-order valence-corrected chi connectivity index (χ1v) is 6.86. The monoisotopic (exact) mass is 324 g/mol. The minimum atomic E-state index is -4.42. The molecule has 0 aliphatic heterocycles. The zero-order chi connectivity index (χ0) is 14.9. The molecule has 0 unspecified atom stereocenters. The van der Waals surface area contributed by atoms with E-state index >= 15 is 0 Å². The summed E-state index contributed by atoms with van der Waals surface area (Å²) in [5.41, 5.74) is -1.16. The van der Waals surface area contributed by atoms with Gasteiger partial charge in [-0.3, -0.25) is 4.98 Å². The van der Waals surface area contributed by atoms with Crippen LogP contribution in [0.1, 0.15) is 10.6 Å². The van der Waals surface area contributed by atoms with Crippen molar-refractivity contribution in [1.82, 2.24) is 18.9 Å². The van der Waals surface area contributed by atoms with E-state index in [1.165, 1.54) is 7.05 Å². The normalized spacial score (nSPS) is 11.8. The van der Waals surface area contributed by atoms with Crippen LogP contribution in [0.25, 0.3) is 0 Å². The van der Waals surface area contributed by atoms with Crippen LogP contribution in [-0.4, -0.2) is 18.9 Å². The van der Waals surface area contributed by atoms with Crippen molar-refractivity contribution < 1.29 is 13.2 Å². The summed E-state index contributed by atoms with van der Waals surface area (Å²) in [5.74, 6) is 0.0721. The summed E-state index contributed by atoms with van der Waals surface area (Å²) in [4.78, 5) is 27.7. The summed E-state index contributed by atoms with van der Waals surface area (Å²) < 4.78 is 41.6. The average molecular weight is 324 g/mol. The molecule has 0 aromatic carbocycles. The number of rotatable bonds is 3. The van der Waals surface area contributed by atoms with Crippen LogP contribution in [0.4, 0.5) is 13.2 Å². The Kier molecular flexibility index (Phi) is 3.99. The molecule has 0 amide bonds. The summed E-state index contributed by atoms with van der Waals surface area (Å²) in [6.45, 7) is 0. The SMILES string of the molecule is Cn1c(=O)nc(SCc2cc(C(F)(F)F)sn2)[nH]c1=O. The lowest BCUT2D eigenvalue weighted by molar-refractivity contribution is -0.134. The van der Waals surface area contributed by atoms with E-state index in [1.807, 2.05) is 0 Å². The fourth-order valence-electron chi connectivity index (χ4n) is 1.18. The van der Waals surface area contributed by atoms with Gasteiger partial charge < -0.3 is 0 Å². The summed E-state index contributed by atoms with van der Waals surface area (Å²) >= 11 is 1.29. The Morgan fingerprint density at radius 1 is 1.45 bits per heavy atom. The predicted octanol–water partition coefficient (Wildman–Crippen LogP) is 1.24. The van der Waals surface area contributed by atoms with Crippen LogP contribution in [-0.2, 0) is 19.0 Å². The molecule has 0 fully saturated rings. The highest BCUT2D eigenvalue weighted by Crippen LogP contribution is 2.33. The summed E-state index contributed by atoms with van der Waals surface area (Å²) in [5, 5.41) is 0.0414. The Morgan fingerprint density at radius 3 is 2.70 bits per heavy atom. The number of nitrogens with one attached hydrogen (secondary N) is 1. The third-order valence-corrected chi connectivity index (χ3v) is 3.98. The molecule has 2 heterocycles. The molecule has 0 radical (unpaired) electrons. The van der Waals surface area contributed by atoms with Gasteiger partial charge in [0.05, 0.1) is 5.69 Å². The van der Waals surface area contributed by atoms with Crippen LogP contribution in [0, 0.1) is 0 Å². The molecule has 20 heavy (non-hydrogen) atoms. The maximum atomic E-state index is 12.4. The van der Waals surface area contributed by atoms with Gasteiger partial charge >= 0.3 is 17.6 Å². The van der Waals surface area contributed by atoms with E-state index in [1.54, 1.807) is 0 Å². The molecule has 0 saturated carbocycles. The molecule has 2 aromatic heterocycles. The largest absolute Gasteiger partial charge is 0.427 e. The lowest BCUT2D eigenvalue weighted by atomic mass is 10.4. The lowest BCUT2D eigenvalue weighted by Gasteiger charge is -2.00. The molecule has 1 N–H and O–H groups in total. The first-order chi connectivity index (χ1) is 9.27. The maximum Gasteiger partial charge on any atom is 0.427 e. The highest BCUT2D eigenvalue weighted by molar-refractivity contribution is 7.98. The van der Waals surface area contributed by atoms with Crippen molar-refractivity contribution >= 4 is 23.3 Å². The Balaban J connectivity index is 2.12. The minimum Gasteiger partial charge on any atom is -0.286 e. The van der Waals surface area contributed by atoms with Crippen LogP contribution in [0.15, 0.2) is 20.8 Å². The van der Waals surface area contributed by atoms with Gasteiger partial charge in [-0.15, -0.1) is 0 Å². The molecule has 0 spiro atoms.